The third-order valence-corrected chi connectivity index (χ3v) is 5.07. The van der Waals surface area contributed by atoms with Gasteiger partial charge >= 0.3 is 0 Å². The summed E-state index contributed by atoms with van der Waals surface area (Å²) in [5.41, 5.74) is 4.11. The van der Waals surface area contributed by atoms with E-state index in [2.05, 4.69) is 51.6 Å². The third-order valence-electron chi connectivity index (χ3n) is 5.07. The molecule has 0 amide bonds. The lowest BCUT2D eigenvalue weighted by molar-refractivity contribution is -0.129. The van der Waals surface area contributed by atoms with Crippen LogP contribution in [0.5, 0.6) is 5.75 Å². The lowest BCUT2D eigenvalue weighted by Crippen LogP contribution is -2.28. The molecule has 0 N–H and O–H groups in total. The number of hydrogen-bond donors (Lipinski definition) is 0. The van der Waals surface area contributed by atoms with E-state index in [4.69, 9.17) is 9.47 Å². The molecule has 0 saturated carbocycles. The van der Waals surface area contributed by atoms with Gasteiger partial charge in [-0.1, -0.05) is 57.0 Å². The van der Waals surface area contributed by atoms with E-state index in [1.807, 2.05) is 6.92 Å². The Bertz CT molecular complexity index is 618. The lowest BCUT2D eigenvalue weighted by atomic mass is 9.68. The summed E-state index contributed by atoms with van der Waals surface area (Å²) in [6.07, 6.45) is 10.9. The second-order valence-electron chi connectivity index (χ2n) is 7.11. The molecule has 1 aliphatic rings. The van der Waals surface area contributed by atoms with Gasteiger partial charge in [0.25, 0.3) is 6.47 Å². The number of benzene rings is 1. The predicted molar refractivity (Wildman–Crippen MR) is 113 cm³/mol. The van der Waals surface area contributed by atoms with E-state index >= 15 is 0 Å². The zero-order valence-electron chi connectivity index (χ0n) is 17.6. The largest absolute Gasteiger partial charge is 0.490 e. The Morgan fingerprint density at radius 3 is 2.63 bits per heavy atom. The Kier molecular flexibility index (Phi) is 10.5. The van der Waals surface area contributed by atoms with E-state index in [1.165, 1.54) is 29.5 Å². The SMILES string of the molecule is C=CC.CCCc1ccc([C@@]2(C)CCCC=C2CC)c(OCCOC=O)c1. The molecule has 0 bridgehead atoms. The number of allylic oxidation sites excluding steroid dienone is 3. The number of aryl methyl sites for hydroxylation is 1. The topological polar surface area (TPSA) is 35.5 Å². The normalized spacial score (nSPS) is 18.6. The molecule has 0 heterocycles. The quantitative estimate of drug-likeness (QED) is 0.296. The molecular weight excluding hydrogens is 336 g/mol. The van der Waals surface area contributed by atoms with Crippen molar-refractivity contribution in [3.8, 4) is 5.75 Å². The molecule has 150 valence electrons. The molecule has 0 aliphatic heterocycles. The van der Waals surface area contributed by atoms with Crippen molar-refractivity contribution in [3.05, 3.63) is 53.6 Å². The van der Waals surface area contributed by atoms with Crippen LogP contribution in [0.25, 0.3) is 0 Å². The third kappa shape index (κ3) is 6.57. The standard InChI is InChI=1S/C21H30O3.C3H6/c1-4-8-17-10-11-19(20(15-17)24-14-13-23-16-22)21(3)12-7-6-9-18(21)5-2;1-3-2/h9-11,15-16H,4-8,12-14H2,1-3H3;3H,1H2,2H3/t21-;/m0./s1. The predicted octanol–water partition coefficient (Wildman–Crippen LogP) is 6.16. The lowest BCUT2D eigenvalue weighted by Gasteiger charge is -2.37. The molecule has 3 nitrogen and oxygen atoms in total. The van der Waals surface area contributed by atoms with Crippen LogP contribution in [0, 0.1) is 0 Å². The second-order valence-corrected chi connectivity index (χ2v) is 7.11. The van der Waals surface area contributed by atoms with Crippen LogP contribution in [0.1, 0.15) is 70.9 Å². The van der Waals surface area contributed by atoms with Gasteiger partial charge in [-0.2, -0.15) is 0 Å². The van der Waals surface area contributed by atoms with Gasteiger partial charge in [-0.05, 0) is 50.7 Å². The van der Waals surface area contributed by atoms with Crippen LogP contribution < -0.4 is 4.74 Å². The molecule has 1 aromatic carbocycles. The van der Waals surface area contributed by atoms with Crippen molar-refractivity contribution in [3.63, 3.8) is 0 Å². The average Bonchev–Trinajstić information content (AvgIpc) is 2.66. The van der Waals surface area contributed by atoms with E-state index in [0.717, 1.165) is 31.4 Å². The Hall–Kier alpha value is -2.03. The first-order valence-electron chi connectivity index (χ1n) is 10.1. The maximum atomic E-state index is 10.3. The minimum Gasteiger partial charge on any atom is -0.490 e. The number of carbonyl (C=O) groups is 1. The Balaban J connectivity index is 0.00000114. The molecule has 0 spiro atoms. The van der Waals surface area contributed by atoms with E-state index < -0.39 is 0 Å². The molecular formula is C24H36O3. The van der Waals surface area contributed by atoms with Crippen LogP contribution in [-0.2, 0) is 21.4 Å². The molecule has 27 heavy (non-hydrogen) atoms. The number of rotatable bonds is 9. The smallest absolute Gasteiger partial charge is 0.293 e. The zero-order valence-corrected chi connectivity index (χ0v) is 17.6. The molecule has 1 aromatic rings. The molecule has 0 fully saturated rings. The summed E-state index contributed by atoms with van der Waals surface area (Å²) in [7, 11) is 0. The molecule has 1 atom stereocenters. The molecule has 0 radical (unpaired) electrons. The summed E-state index contributed by atoms with van der Waals surface area (Å²) >= 11 is 0. The molecule has 1 aliphatic carbocycles. The first-order valence-corrected chi connectivity index (χ1v) is 10.1. The van der Waals surface area contributed by atoms with E-state index in [9.17, 15) is 4.79 Å². The van der Waals surface area contributed by atoms with Gasteiger partial charge in [0.15, 0.2) is 0 Å². The van der Waals surface area contributed by atoms with Gasteiger partial charge in [-0.3, -0.25) is 4.79 Å². The van der Waals surface area contributed by atoms with Crippen molar-refractivity contribution in [1.82, 2.24) is 0 Å². The first kappa shape index (κ1) is 23.0. The van der Waals surface area contributed by atoms with Gasteiger partial charge in [0.1, 0.15) is 19.0 Å². The Labute approximate surface area is 165 Å². The van der Waals surface area contributed by atoms with Gasteiger partial charge in [-0.15, -0.1) is 6.58 Å². The molecule has 0 saturated heterocycles. The number of ether oxygens (including phenoxy) is 2. The Morgan fingerprint density at radius 2 is 2.00 bits per heavy atom. The fourth-order valence-electron chi connectivity index (χ4n) is 3.79. The monoisotopic (exact) mass is 372 g/mol. The van der Waals surface area contributed by atoms with Gasteiger partial charge < -0.3 is 9.47 Å². The summed E-state index contributed by atoms with van der Waals surface area (Å²) in [4.78, 5) is 10.3. The van der Waals surface area contributed by atoms with Crippen molar-refractivity contribution in [2.75, 3.05) is 13.2 Å². The number of carbonyl (C=O) groups excluding carboxylic acids is 1. The van der Waals surface area contributed by atoms with Gasteiger partial charge in [0.05, 0.1) is 0 Å². The molecule has 0 unspecified atom stereocenters. The molecule has 3 heteroatoms. The van der Waals surface area contributed by atoms with Crippen molar-refractivity contribution in [2.45, 2.75) is 71.6 Å². The van der Waals surface area contributed by atoms with E-state index in [-0.39, 0.29) is 12.0 Å². The van der Waals surface area contributed by atoms with E-state index in [0.29, 0.717) is 13.1 Å². The van der Waals surface area contributed by atoms with E-state index in [1.54, 1.807) is 6.08 Å². The highest BCUT2D eigenvalue weighted by molar-refractivity contribution is 5.48. The Morgan fingerprint density at radius 1 is 1.26 bits per heavy atom. The highest BCUT2D eigenvalue weighted by Crippen LogP contribution is 2.45. The fraction of sp³-hybridized carbons (Fsp3) is 0.542. The molecule has 2 rings (SSSR count). The van der Waals surface area contributed by atoms with Crippen LogP contribution in [-0.4, -0.2) is 19.7 Å². The van der Waals surface area contributed by atoms with Gasteiger partial charge in [-0.25, -0.2) is 0 Å². The van der Waals surface area contributed by atoms with Crippen molar-refractivity contribution < 1.29 is 14.3 Å². The minimum absolute atomic E-state index is 0.0403. The number of hydrogen-bond acceptors (Lipinski definition) is 3. The van der Waals surface area contributed by atoms with Crippen LogP contribution in [0.4, 0.5) is 0 Å². The molecule has 0 aromatic heterocycles. The minimum atomic E-state index is 0.0403. The summed E-state index contributed by atoms with van der Waals surface area (Å²) in [6, 6.07) is 6.66. The highest BCUT2D eigenvalue weighted by atomic mass is 16.5. The summed E-state index contributed by atoms with van der Waals surface area (Å²) in [5, 5.41) is 0. The van der Waals surface area contributed by atoms with Crippen molar-refractivity contribution >= 4 is 6.47 Å². The highest BCUT2D eigenvalue weighted by Gasteiger charge is 2.34. The van der Waals surface area contributed by atoms with Crippen LogP contribution in [0.2, 0.25) is 0 Å². The summed E-state index contributed by atoms with van der Waals surface area (Å²) in [6.45, 7) is 13.2. The maximum Gasteiger partial charge on any atom is 0.293 e. The first-order chi connectivity index (χ1) is 13.1. The van der Waals surface area contributed by atoms with Crippen molar-refractivity contribution in [1.29, 1.82) is 0 Å². The zero-order chi connectivity index (χ0) is 20.1. The summed E-state index contributed by atoms with van der Waals surface area (Å²) in [5.74, 6) is 0.944. The van der Waals surface area contributed by atoms with Crippen LogP contribution >= 0.6 is 0 Å². The fourth-order valence-corrected chi connectivity index (χ4v) is 3.79. The summed E-state index contributed by atoms with van der Waals surface area (Å²) < 4.78 is 10.8. The van der Waals surface area contributed by atoms with Gasteiger partial charge in [0.2, 0.25) is 0 Å². The van der Waals surface area contributed by atoms with Crippen LogP contribution in [0.15, 0.2) is 42.5 Å². The van der Waals surface area contributed by atoms with Gasteiger partial charge in [0, 0.05) is 11.0 Å². The van der Waals surface area contributed by atoms with Crippen LogP contribution in [0.3, 0.4) is 0 Å². The van der Waals surface area contributed by atoms with Crippen molar-refractivity contribution in [2.24, 2.45) is 0 Å². The average molecular weight is 373 g/mol. The maximum absolute atomic E-state index is 10.3. The second kappa shape index (κ2) is 12.4.